The van der Waals surface area contributed by atoms with Gasteiger partial charge in [-0.1, -0.05) is 12.1 Å². The number of carbonyl (C=O) groups excluding carboxylic acids is 2. The van der Waals surface area contributed by atoms with Crippen molar-refractivity contribution in [2.24, 2.45) is 5.73 Å². The number of nitrogen functional groups attached to an aromatic ring is 1. The summed E-state index contributed by atoms with van der Waals surface area (Å²) >= 11 is 0. The Labute approximate surface area is 169 Å². The first-order valence-corrected chi connectivity index (χ1v) is 9.10. The second-order valence-corrected chi connectivity index (χ2v) is 6.96. The molecule has 0 saturated carbocycles. The van der Waals surface area contributed by atoms with Gasteiger partial charge in [0.2, 0.25) is 0 Å². The van der Waals surface area contributed by atoms with Crippen molar-refractivity contribution in [3.8, 4) is 0 Å². The average Bonchev–Trinajstić information content (AvgIpc) is 3.14. The van der Waals surface area contributed by atoms with E-state index in [2.05, 4.69) is 5.32 Å². The van der Waals surface area contributed by atoms with Gasteiger partial charge in [-0.25, -0.2) is 9.59 Å². The summed E-state index contributed by atoms with van der Waals surface area (Å²) in [4.78, 5) is 25.8. The molecule has 8 nitrogen and oxygen atoms in total. The van der Waals surface area contributed by atoms with Gasteiger partial charge in [-0.05, 0) is 55.9 Å². The lowest BCUT2D eigenvalue weighted by atomic mass is 9.85. The SMILES string of the molecule is CNC(C)(c1ccc(C(=O)OC)cc1)C1CN(c2ccc(C(=N)N)cc2)C(=O)O1. The average molecular weight is 396 g/mol. The van der Waals surface area contributed by atoms with Crippen LogP contribution in [0.2, 0.25) is 0 Å². The molecule has 1 aliphatic heterocycles. The second-order valence-electron chi connectivity index (χ2n) is 6.96. The smallest absolute Gasteiger partial charge is 0.414 e. The van der Waals surface area contributed by atoms with E-state index in [1.807, 2.05) is 19.1 Å². The first kappa shape index (κ1) is 20.3. The zero-order valence-corrected chi connectivity index (χ0v) is 16.6. The minimum atomic E-state index is -0.668. The van der Waals surface area contributed by atoms with Crippen LogP contribution in [0.25, 0.3) is 0 Å². The summed E-state index contributed by atoms with van der Waals surface area (Å²) in [5.41, 5.74) is 7.40. The van der Waals surface area contributed by atoms with Gasteiger partial charge < -0.3 is 20.5 Å². The number of anilines is 1. The molecule has 2 aromatic carbocycles. The molecule has 0 radical (unpaired) electrons. The zero-order chi connectivity index (χ0) is 21.2. The standard InChI is InChI=1S/C21H24N4O4/c1-21(24-2,15-8-4-14(5-9-15)19(26)28-3)17-12-25(20(27)29-17)16-10-6-13(7-11-16)18(22)23/h4-11,17,24H,12H2,1-3H3,(H3,22,23). The molecule has 1 saturated heterocycles. The van der Waals surface area contributed by atoms with E-state index >= 15 is 0 Å². The van der Waals surface area contributed by atoms with Crippen LogP contribution < -0.4 is 16.0 Å². The maximum absolute atomic E-state index is 12.5. The van der Waals surface area contributed by atoms with Crippen LogP contribution in [0.1, 0.15) is 28.4 Å². The molecule has 3 rings (SSSR count). The lowest BCUT2D eigenvalue weighted by Gasteiger charge is -2.34. The van der Waals surface area contributed by atoms with Gasteiger partial charge in [-0.15, -0.1) is 0 Å². The van der Waals surface area contributed by atoms with E-state index in [9.17, 15) is 9.59 Å². The van der Waals surface area contributed by atoms with Crippen LogP contribution in [-0.2, 0) is 15.0 Å². The maximum atomic E-state index is 12.5. The highest BCUT2D eigenvalue weighted by Crippen LogP contribution is 2.33. The van der Waals surface area contributed by atoms with Crippen molar-refractivity contribution in [2.45, 2.75) is 18.6 Å². The summed E-state index contributed by atoms with van der Waals surface area (Å²) in [5, 5.41) is 10.7. The molecule has 2 unspecified atom stereocenters. The van der Waals surface area contributed by atoms with E-state index in [1.165, 1.54) is 7.11 Å². The number of esters is 1. The first-order chi connectivity index (χ1) is 13.8. The van der Waals surface area contributed by atoms with Gasteiger partial charge >= 0.3 is 12.1 Å². The van der Waals surface area contributed by atoms with E-state index < -0.39 is 23.7 Å². The molecule has 0 bridgehead atoms. The Morgan fingerprint density at radius 1 is 1.21 bits per heavy atom. The summed E-state index contributed by atoms with van der Waals surface area (Å²) in [6, 6.07) is 13.9. The molecular weight excluding hydrogens is 372 g/mol. The van der Waals surface area contributed by atoms with Crippen molar-refractivity contribution in [1.82, 2.24) is 5.32 Å². The van der Waals surface area contributed by atoms with Crippen LogP contribution in [-0.4, -0.2) is 44.7 Å². The predicted octanol–water partition coefficient (Wildman–Crippen LogP) is 2.22. The van der Waals surface area contributed by atoms with Gasteiger partial charge in [0.1, 0.15) is 11.9 Å². The summed E-state index contributed by atoms with van der Waals surface area (Å²) in [5.74, 6) is -0.438. The van der Waals surface area contributed by atoms with E-state index in [0.717, 1.165) is 5.56 Å². The van der Waals surface area contributed by atoms with Crippen molar-refractivity contribution in [1.29, 1.82) is 5.41 Å². The minimum absolute atomic E-state index is 0.0309. The molecule has 29 heavy (non-hydrogen) atoms. The van der Waals surface area contributed by atoms with Gasteiger partial charge in [0, 0.05) is 11.3 Å². The van der Waals surface area contributed by atoms with Gasteiger partial charge in [0.25, 0.3) is 0 Å². The molecule has 1 fully saturated rings. The molecule has 1 amide bonds. The van der Waals surface area contributed by atoms with Gasteiger partial charge in [0.05, 0.1) is 24.8 Å². The third kappa shape index (κ3) is 3.79. The number of nitrogens with one attached hydrogen (secondary N) is 2. The van der Waals surface area contributed by atoms with Gasteiger partial charge in [-0.2, -0.15) is 0 Å². The van der Waals surface area contributed by atoms with Gasteiger partial charge in [-0.3, -0.25) is 10.3 Å². The molecule has 8 heteroatoms. The van der Waals surface area contributed by atoms with Crippen LogP contribution in [0.4, 0.5) is 10.5 Å². The Bertz CT molecular complexity index is 927. The highest BCUT2D eigenvalue weighted by Gasteiger charge is 2.45. The van der Waals surface area contributed by atoms with Crippen molar-refractivity contribution >= 4 is 23.6 Å². The molecule has 152 valence electrons. The van der Waals surface area contributed by atoms with E-state index in [4.69, 9.17) is 20.6 Å². The number of carbonyl (C=O) groups is 2. The normalized spacial score (nSPS) is 18.1. The number of nitrogens with two attached hydrogens (primary N) is 1. The summed E-state index contributed by atoms with van der Waals surface area (Å²) in [7, 11) is 3.13. The maximum Gasteiger partial charge on any atom is 0.414 e. The van der Waals surface area contributed by atoms with E-state index in [1.54, 1.807) is 48.3 Å². The molecule has 1 heterocycles. The number of hydrogen-bond donors (Lipinski definition) is 3. The summed E-state index contributed by atoms with van der Waals surface area (Å²) < 4.78 is 10.4. The molecular formula is C21H24N4O4. The third-order valence-electron chi connectivity index (χ3n) is 5.37. The first-order valence-electron chi connectivity index (χ1n) is 9.10. The Morgan fingerprint density at radius 3 is 2.31 bits per heavy atom. The Morgan fingerprint density at radius 2 is 1.79 bits per heavy atom. The van der Waals surface area contributed by atoms with Crippen LogP contribution >= 0.6 is 0 Å². The molecule has 2 atom stereocenters. The Hall–Kier alpha value is -3.39. The van der Waals surface area contributed by atoms with Crippen molar-refractivity contribution < 1.29 is 19.1 Å². The number of rotatable bonds is 6. The molecule has 4 N–H and O–H groups in total. The largest absolute Gasteiger partial charge is 0.465 e. The monoisotopic (exact) mass is 396 g/mol. The molecule has 0 aromatic heterocycles. The van der Waals surface area contributed by atoms with E-state index in [-0.39, 0.29) is 5.84 Å². The number of ether oxygens (including phenoxy) is 2. The van der Waals surface area contributed by atoms with Crippen molar-refractivity contribution in [2.75, 3.05) is 25.6 Å². The lowest BCUT2D eigenvalue weighted by molar-refractivity contribution is 0.0600. The topological polar surface area (TPSA) is 118 Å². The minimum Gasteiger partial charge on any atom is -0.465 e. The van der Waals surface area contributed by atoms with Crippen molar-refractivity contribution in [3.63, 3.8) is 0 Å². The highest BCUT2D eigenvalue weighted by atomic mass is 16.6. The number of benzene rings is 2. The number of hydrogen-bond acceptors (Lipinski definition) is 6. The molecule has 1 aliphatic rings. The second kappa shape index (κ2) is 7.92. The number of likely N-dealkylation sites (N-methyl/N-ethyl adjacent to an activating group) is 1. The number of methoxy groups -OCH3 is 1. The fourth-order valence-electron chi connectivity index (χ4n) is 3.36. The Balaban J connectivity index is 1.84. The van der Waals surface area contributed by atoms with Crippen molar-refractivity contribution in [3.05, 3.63) is 65.2 Å². The van der Waals surface area contributed by atoms with Crippen LogP contribution in [0.3, 0.4) is 0 Å². The summed E-state index contributed by atoms with van der Waals surface area (Å²) in [6.07, 6.45) is -0.908. The molecule has 0 aliphatic carbocycles. The number of amides is 1. The third-order valence-corrected chi connectivity index (χ3v) is 5.37. The summed E-state index contributed by atoms with van der Waals surface area (Å²) in [6.45, 7) is 2.29. The van der Waals surface area contributed by atoms with Crippen LogP contribution in [0.5, 0.6) is 0 Å². The number of cyclic esters (lactones) is 1. The van der Waals surface area contributed by atoms with Crippen LogP contribution in [0.15, 0.2) is 48.5 Å². The number of amidine groups is 1. The predicted molar refractivity (Wildman–Crippen MR) is 109 cm³/mol. The molecule has 2 aromatic rings. The molecule has 0 spiro atoms. The quantitative estimate of drug-likeness (QED) is 0.391. The fraction of sp³-hybridized carbons (Fsp3) is 0.286. The lowest BCUT2D eigenvalue weighted by Crippen LogP contribution is -2.49. The fourth-order valence-corrected chi connectivity index (χ4v) is 3.36. The van der Waals surface area contributed by atoms with Crippen LogP contribution in [0, 0.1) is 5.41 Å². The van der Waals surface area contributed by atoms with Gasteiger partial charge in [0.15, 0.2) is 0 Å². The highest BCUT2D eigenvalue weighted by molar-refractivity contribution is 5.96. The Kier molecular flexibility index (Phi) is 5.56. The zero-order valence-electron chi connectivity index (χ0n) is 16.6. The van der Waals surface area contributed by atoms with E-state index in [0.29, 0.717) is 23.4 Å². The number of nitrogens with zero attached hydrogens (tertiary/aromatic N) is 1.